The van der Waals surface area contributed by atoms with Crippen LogP contribution in [0.3, 0.4) is 0 Å². The molecule has 0 aromatic carbocycles. The lowest BCUT2D eigenvalue weighted by atomic mass is 10.0. The van der Waals surface area contributed by atoms with Crippen LogP contribution < -0.4 is 10.6 Å². The van der Waals surface area contributed by atoms with E-state index in [0.717, 1.165) is 5.56 Å². The average Bonchev–Trinajstić information content (AvgIpc) is 2.93. The molecule has 2 heterocycles. The van der Waals surface area contributed by atoms with Gasteiger partial charge >= 0.3 is 0 Å². The number of anilines is 1. The Balaban J connectivity index is 2.28. The summed E-state index contributed by atoms with van der Waals surface area (Å²) in [5.41, 5.74) is 1.87. The van der Waals surface area contributed by atoms with E-state index in [-0.39, 0.29) is 28.1 Å². The Morgan fingerprint density at radius 1 is 1.32 bits per heavy atom. The molecule has 1 aliphatic rings. The third-order valence-corrected chi connectivity index (χ3v) is 6.39. The van der Waals surface area contributed by atoms with Crippen molar-refractivity contribution in [2.75, 3.05) is 18.4 Å². The summed E-state index contributed by atoms with van der Waals surface area (Å²) >= 11 is 6.70. The van der Waals surface area contributed by atoms with Gasteiger partial charge in [-0.3, -0.25) is 9.59 Å². The third kappa shape index (κ3) is 6.92. The molecule has 200 valence electrons. The maximum Gasteiger partial charge on any atom is 0.212 e. The molecular weight excluding hydrogens is 507 g/mol. The number of amidine groups is 1. The highest BCUT2D eigenvalue weighted by Gasteiger charge is 2.26. The van der Waals surface area contributed by atoms with Gasteiger partial charge in [0.25, 0.3) is 0 Å². The number of carbonyl (C=O) groups is 2. The zero-order valence-corrected chi connectivity index (χ0v) is 22.3. The Morgan fingerprint density at radius 3 is 2.79 bits per heavy atom. The van der Waals surface area contributed by atoms with Gasteiger partial charge in [0.2, 0.25) is 12.8 Å². The molecule has 0 saturated heterocycles. The zero-order chi connectivity index (χ0) is 27.5. The average molecular weight is 539 g/mol. The molecule has 1 atom stereocenters. The molecule has 0 bridgehead atoms. The van der Waals surface area contributed by atoms with Crippen LogP contribution in [0.1, 0.15) is 49.9 Å². The van der Waals surface area contributed by atoms with Crippen molar-refractivity contribution in [3.63, 3.8) is 0 Å². The number of allylic oxidation sites excluding steroid dienone is 4. The third-order valence-electron chi connectivity index (χ3n) is 6.10. The maximum atomic E-state index is 14.7. The number of aromatic nitrogens is 2. The van der Waals surface area contributed by atoms with Gasteiger partial charge in [-0.25, -0.2) is 19.4 Å². The lowest BCUT2D eigenvalue weighted by Gasteiger charge is -2.33. The summed E-state index contributed by atoms with van der Waals surface area (Å²) in [4.78, 5) is 38.7. The van der Waals surface area contributed by atoms with Gasteiger partial charge in [-0.15, -0.1) is 6.58 Å². The lowest BCUT2D eigenvalue weighted by Crippen LogP contribution is -2.45. The number of nitrogens with zero attached hydrogens (tertiary/aromatic N) is 4. The Morgan fingerprint density at radius 2 is 2.11 bits per heavy atom. The molecular formula is C28H32ClFN6O2. The topological polar surface area (TPSA) is 99.6 Å². The smallest absolute Gasteiger partial charge is 0.212 e. The first-order chi connectivity index (χ1) is 18.4. The lowest BCUT2D eigenvalue weighted by molar-refractivity contribution is -0.109. The highest BCUT2D eigenvalue weighted by molar-refractivity contribution is 6.33. The first-order valence-electron chi connectivity index (χ1n) is 12.5. The van der Waals surface area contributed by atoms with Gasteiger partial charge < -0.3 is 15.5 Å². The summed E-state index contributed by atoms with van der Waals surface area (Å²) in [7, 11) is 0. The molecule has 0 radical (unpaired) electrons. The quantitative estimate of drug-likeness (QED) is 0.154. The van der Waals surface area contributed by atoms with Crippen molar-refractivity contribution in [2.45, 2.75) is 45.6 Å². The fourth-order valence-corrected chi connectivity index (χ4v) is 4.40. The molecule has 2 N–H and O–H groups in total. The number of amides is 2. The van der Waals surface area contributed by atoms with Crippen LogP contribution in [0.15, 0.2) is 60.0 Å². The van der Waals surface area contributed by atoms with E-state index in [1.54, 1.807) is 24.4 Å². The van der Waals surface area contributed by atoms with Crippen LogP contribution in [0, 0.1) is 0 Å². The number of halogens is 2. The van der Waals surface area contributed by atoms with Crippen LogP contribution >= 0.6 is 11.6 Å². The van der Waals surface area contributed by atoms with Crippen molar-refractivity contribution in [1.82, 2.24) is 20.2 Å². The van der Waals surface area contributed by atoms with Crippen LogP contribution in [0.4, 0.5) is 16.0 Å². The van der Waals surface area contributed by atoms with E-state index in [1.807, 2.05) is 30.9 Å². The predicted molar refractivity (Wildman–Crippen MR) is 150 cm³/mol. The van der Waals surface area contributed by atoms with Crippen molar-refractivity contribution in [1.29, 1.82) is 0 Å². The Hall–Kier alpha value is -3.85. The van der Waals surface area contributed by atoms with Crippen LogP contribution in [0.2, 0.25) is 5.02 Å². The van der Waals surface area contributed by atoms with Crippen molar-refractivity contribution in [2.24, 2.45) is 4.99 Å². The Bertz CT molecular complexity index is 1260. The largest absolute Gasteiger partial charge is 0.357 e. The van der Waals surface area contributed by atoms with E-state index in [9.17, 15) is 14.0 Å². The van der Waals surface area contributed by atoms with E-state index >= 15 is 0 Å². The molecule has 2 aromatic rings. The van der Waals surface area contributed by atoms with Gasteiger partial charge in [0.15, 0.2) is 5.82 Å². The molecule has 2 amide bonds. The minimum absolute atomic E-state index is 0.172. The van der Waals surface area contributed by atoms with E-state index in [4.69, 9.17) is 16.6 Å². The van der Waals surface area contributed by atoms with Gasteiger partial charge in [-0.2, -0.15) is 0 Å². The van der Waals surface area contributed by atoms with Gasteiger partial charge in [0.05, 0.1) is 16.3 Å². The Labute approximate surface area is 227 Å². The first-order valence-corrected chi connectivity index (χ1v) is 12.9. The second-order valence-electron chi connectivity index (χ2n) is 8.65. The number of aliphatic imine (C=N–C) groups is 1. The highest BCUT2D eigenvalue weighted by atomic mass is 35.5. The number of hydrogen-bond acceptors (Lipinski definition) is 5. The number of hydrogen-bond donors (Lipinski definition) is 2. The van der Waals surface area contributed by atoms with E-state index < -0.39 is 5.83 Å². The molecule has 0 spiro atoms. The number of rotatable bonds is 13. The summed E-state index contributed by atoms with van der Waals surface area (Å²) in [5.74, 6) is 0.710. The van der Waals surface area contributed by atoms with Crippen LogP contribution in [0.25, 0.3) is 5.57 Å². The molecule has 3 rings (SSSR count). The molecule has 8 nitrogen and oxygen atoms in total. The number of carbonyl (C=O) groups excluding carboxylic acids is 2. The van der Waals surface area contributed by atoms with Crippen LogP contribution in [0.5, 0.6) is 0 Å². The minimum Gasteiger partial charge on any atom is -0.357 e. The molecule has 0 fully saturated rings. The maximum absolute atomic E-state index is 14.7. The van der Waals surface area contributed by atoms with Crippen molar-refractivity contribution < 1.29 is 14.0 Å². The van der Waals surface area contributed by atoms with Gasteiger partial charge in [-0.1, -0.05) is 36.7 Å². The van der Waals surface area contributed by atoms with Crippen molar-refractivity contribution in [3.8, 4) is 0 Å². The van der Waals surface area contributed by atoms with Gasteiger partial charge in [-0.05, 0) is 56.4 Å². The summed E-state index contributed by atoms with van der Waals surface area (Å²) in [6.45, 7) is 8.62. The fourth-order valence-electron chi connectivity index (χ4n) is 4.15. The molecule has 1 aliphatic carbocycles. The first kappa shape index (κ1) is 28.7. The molecule has 38 heavy (non-hydrogen) atoms. The second kappa shape index (κ2) is 14.2. The summed E-state index contributed by atoms with van der Waals surface area (Å²) in [6, 6.07) is 5.21. The molecule has 0 saturated carbocycles. The van der Waals surface area contributed by atoms with Crippen molar-refractivity contribution >= 4 is 47.5 Å². The molecule has 1 unspecified atom stereocenters. The zero-order valence-electron chi connectivity index (χ0n) is 21.6. The molecule has 0 aliphatic heterocycles. The van der Waals surface area contributed by atoms with E-state index in [1.165, 1.54) is 6.08 Å². The van der Waals surface area contributed by atoms with Crippen LogP contribution in [-0.4, -0.2) is 52.7 Å². The van der Waals surface area contributed by atoms with Gasteiger partial charge in [0, 0.05) is 30.9 Å². The summed E-state index contributed by atoms with van der Waals surface area (Å²) in [6.07, 6.45) is 10.4. The molecule has 10 heteroatoms. The Kier molecular flexibility index (Phi) is 10.7. The summed E-state index contributed by atoms with van der Waals surface area (Å²) < 4.78 is 14.7. The monoisotopic (exact) mass is 538 g/mol. The predicted octanol–water partition coefficient (Wildman–Crippen LogP) is 5.38. The number of pyridine rings is 2. The molecule has 2 aromatic heterocycles. The standard InChI is InChI=1S/C28H32ClFN6O2/c1-4-6-14-36(19(3)16-31-17-37)28(35-26-20(5-2)10-9-13-32-26)22-15-23(29)25(34-27(22)33-18-38)21-11-7-8-12-24(21)30/h4,9-13,15,17-19H,1,5-8,14,16H2,2-3H3,(H,31,37)(H,33,34,38)/b35-28+. The van der Waals surface area contributed by atoms with Gasteiger partial charge in [0.1, 0.15) is 17.5 Å². The van der Waals surface area contributed by atoms with E-state index in [0.29, 0.717) is 68.8 Å². The number of aryl methyl sites for hydroxylation is 1. The van der Waals surface area contributed by atoms with E-state index in [2.05, 4.69) is 27.2 Å². The van der Waals surface area contributed by atoms with Crippen molar-refractivity contribution in [3.05, 3.63) is 76.9 Å². The minimum atomic E-state index is -0.411. The van der Waals surface area contributed by atoms with Crippen LogP contribution in [-0.2, 0) is 16.0 Å². The highest BCUT2D eigenvalue weighted by Crippen LogP contribution is 2.35. The fraction of sp³-hybridized carbons (Fsp3) is 0.321. The summed E-state index contributed by atoms with van der Waals surface area (Å²) in [5, 5.41) is 5.57. The second-order valence-corrected chi connectivity index (χ2v) is 9.05. The normalized spacial score (nSPS) is 14.2. The SMILES string of the molecule is C=CCCN(/C(=N/c1ncccc1CC)c1cc(Cl)c(C2=CCCC=C2F)nc1NC=O)C(C)CNC=O. The number of nitrogens with one attached hydrogen (secondary N) is 2.